The van der Waals surface area contributed by atoms with Gasteiger partial charge in [0.1, 0.15) is 11.4 Å². The predicted octanol–water partition coefficient (Wildman–Crippen LogP) is 2.51. The lowest BCUT2D eigenvalue weighted by Crippen LogP contribution is -2.17. The standard InChI is InChI=1S/C16H14N2O3/c1-17-9-5-8-13(17)15(19)21-16(20)14-10-11-6-3-4-7-12(11)18(14)2/h3-10H,1-2H3. The minimum atomic E-state index is -0.655. The summed E-state index contributed by atoms with van der Waals surface area (Å²) in [5, 5.41) is 0.929. The first kappa shape index (κ1) is 13.2. The molecule has 3 rings (SSSR count). The van der Waals surface area contributed by atoms with Crippen molar-refractivity contribution < 1.29 is 14.3 Å². The molecule has 0 amide bonds. The number of rotatable bonds is 2. The fourth-order valence-electron chi connectivity index (χ4n) is 2.35. The third-order valence-electron chi connectivity index (χ3n) is 3.50. The van der Waals surface area contributed by atoms with Gasteiger partial charge in [-0.05, 0) is 24.3 Å². The highest BCUT2D eigenvalue weighted by Crippen LogP contribution is 2.19. The molecule has 5 nitrogen and oxygen atoms in total. The van der Waals surface area contributed by atoms with Gasteiger partial charge >= 0.3 is 11.9 Å². The number of hydrogen-bond acceptors (Lipinski definition) is 3. The second-order valence-corrected chi connectivity index (χ2v) is 4.83. The number of nitrogens with zero attached hydrogens (tertiary/aromatic N) is 2. The first-order valence-electron chi connectivity index (χ1n) is 6.50. The van der Waals surface area contributed by atoms with Crippen molar-refractivity contribution in [1.82, 2.24) is 9.13 Å². The Balaban J connectivity index is 1.89. The molecule has 0 aliphatic carbocycles. The molecule has 2 heterocycles. The molecule has 0 aliphatic heterocycles. The number of benzene rings is 1. The van der Waals surface area contributed by atoms with Gasteiger partial charge in [0.2, 0.25) is 0 Å². The van der Waals surface area contributed by atoms with E-state index >= 15 is 0 Å². The quantitative estimate of drug-likeness (QED) is 0.536. The van der Waals surface area contributed by atoms with Crippen molar-refractivity contribution in [3.63, 3.8) is 0 Å². The van der Waals surface area contributed by atoms with Crippen LogP contribution in [0, 0.1) is 0 Å². The van der Waals surface area contributed by atoms with E-state index in [1.165, 1.54) is 0 Å². The van der Waals surface area contributed by atoms with Crippen LogP contribution in [0.15, 0.2) is 48.7 Å². The Morgan fingerprint density at radius 3 is 2.33 bits per heavy atom. The van der Waals surface area contributed by atoms with Gasteiger partial charge in [0.05, 0.1) is 0 Å². The zero-order valence-electron chi connectivity index (χ0n) is 11.7. The van der Waals surface area contributed by atoms with Gasteiger partial charge in [-0.1, -0.05) is 18.2 Å². The summed E-state index contributed by atoms with van der Waals surface area (Å²) in [5.41, 5.74) is 1.59. The van der Waals surface area contributed by atoms with Crippen LogP contribution in [0.2, 0.25) is 0 Å². The largest absolute Gasteiger partial charge is 0.383 e. The second kappa shape index (κ2) is 4.94. The zero-order valence-corrected chi connectivity index (χ0v) is 11.7. The molecule has 0 atom stereocenters. The molecule has 0 N–H and O–H groups in total. The van der Waals surface area contributed by atoms with Crippen LogP contribution in [0.5, 0.6) is 0 Å². The fraction of sp³-hybridized carbons (Fsp3) is 0.125. The molecular weight excluding hydrogens is 268 g/mol. The molecule has 0 fully saturated rings. The molecule has 5 heteroatoms. The molecule has 2 aromatic heterocycles. The van der Waals surface area contributed by atoms with Crippen LogP contribution in [0.25, 0.3) is 10.9 Å². The molecule has 0 radical (unpaired) electrons. The number of hydrogen-bond donors (Lipinski definition) is 0. The molecule has 0 unspecified atom stereocenters. The summed E-state index contributed by atoms with van der Waals surface area (Å²) in [5.74, 6) is -1.31. The monoisotopic (exact) mass is 282 g/mol. The summed E-state index contributed by atoms with van der Waals surface area (Å²) >= 11 is 0. The van der Waals surface area contributed by atoms with Crippen LogP contribution in [0.4, 0.5) is 0 Å². The van der Waals surface area contributed by atoms with Crippen molar-refractivity contribution in [1.29, 1.82) is 0 Å². The van der Waals surface area contributed by atoms with E-state index in [1.807, 2.05) is 24.3 Å². The highest BCUT2D eigenvalue weighted by molar-refractivity contribution is 6.03. The summed E-state index contributed by atoms with van der Waals surface area (Å²) in [4.78, 5) is 24.1. The van der Waals surface area contributed by atoms with Gasteiger partial charge < -0.3 is 13.9 Å². The molecule has 3 aromatic rings. The van der Waals surface area contributed by atoms with E-state index in [4.69, 9.17) is 4.74 Å². The first-order valence-corrected chi connectivity index (χ1v) is 6.50. The molecule has 21 heavy (non-hydrogen) atoms. The summed E-state index contributed by atoms with van der Waals surface area (Å²) < 4.78 is 8.28. The number of carbonyl (C=O) groups excluding carboxylic acids is 2. The van der Waals surface area contributed by atoms with E-state index in [-0.39, 0.29) is 0 Å². The number of fused-ring (bicyclic) bond motifs is 1. The minimum Gasteiger partial charge on any atom is -0.383 e. The van der Waals surface area contributed by atoms with Crippen LogP contribution in [0.1, 0.15) is 21.0 Å². The van der Waals surface area contributed by atoms with Crippen LogP contribution in [0.3, 0.4) is 0 Å². The molecule has 0 saturated heterocycles. The molecule has 0 bridgehead atoms. The number of ether oxygens (including phenoxy) is 1. The Kier molecular flexibility index (Phi) is 3.10. The van der Waals surface area contributed by atoms with Gasteiger partial charge in [0.15, 0.2) is 0 Å². The van der Waals surface area contributed by atoms with Gasteiger partial charge in [0, 0.05) is 31.2 Å². The Labute approximate surface area is 121 Å². The SMILES string of the molecule is Cn1cccc1C(=O)OC(=O)c1cc2ccccc2n1C. The van der Waals surface area contributed by atoms with E-state index < -0.39 is 11.9 Å². The van der Waals surface area contributed by atoms with Gasteiger partial charge in [-0.25, -0.2) is 9.59 Å². The summed E-state index contributed by atoms with van der Waals surface area (Å²) in [6.07, 6.45) is 1.72. The third kappa shape index (κ3) is 2.23. The van der Waals surface area contributed by atoms with Crippen molar-refractivity contribution in [2.45, 2.75) is 0 Å². The van der Waals surface area contributed by atoms with Crippen molar-refractivity contribution in [3.05, 3.63) is 60.0 Å². The van der Waals surface area contributed by atoms with Gasteiger partial charge in [-0.3, -0.25) is 0 Å². The molecule has 0 spiro atoms. The zero-order chi connectivity index (χ0) is 15.0. The summed E-state index contributed by atoms with van der Waals surface area (Å²) in [6.45, 7) is 0. The maximum atomic E-state index is 12.2. The van der Waals surface area contributed by atoms with Gasteiger partial charge in [-0.2, -0.15) is 0 Å². The Bertz CT molecular complexity index is 842. The summed E-state index contributed by atoms with van der Waals surface area (Å²) in [6, 6.07) is 12.7. The molecule has 0 saturated carbocycles. The number of para-hydroxylation sites is 1. The molecular formula is C16H14N2O3. The Morgan fingerprint density at radius 1 is 0.952 bits per heavy atom. The highest BCUT2D eigenvalue weighted by Gasteiger charge is 2.20. The Hall–Kier alpha value is -2.82. The smallest absolute Gasteiger partial charge is 0.362 e. The van der Waals surface area contributed by atoms with E-state index in [0.29, 0.717) is 11.4 Å². The Morgan fingerprint density at radius 2 is 1.67 bits per heavy atom. The van der Waals surface area contributed by atoms with Crippen LogP contribution in [-0.2, 0) is 18.8 Å². The van der Waals surface area contributed by atoms with Gasteiger partial charge in [-0.15, -0.1) is 0 Å². The van der Waals surface area contributed by atoms with Gasteiger partial charge in [0.25, 0.3) is 0 Å². The predicted molar refractivity (Wildman–Crippen MR) is 78.1 cm³/mol. The highest BCUT2D eigenvalue weighted by atomic mass is 16.6. The number of aryl methyl sites for hydroxylation is 2. The van der Waals surface area contributed by atoms with Crippen molar-refractivity contribution in [2.75, 3.05) is 0 Å². The fourth-order valence-corrected chi connectivity index (χ4v) is 2.35. The third-order valence-corrected chi connectivity index (χ3v) is 3.50. The van der Waals surface area contributed by atoms with Crippen molar-refractivity contribution in [2.24, 2.45) is 14.1 Å². The molecule has 106 valence electrons. The number of carbonyl (C=O) groups is 2. The van der Waals surface area contributed by atoms with Crippen LogP contribution < -0.4 is 0 Å². The summed E-state index contributed by atoms with van der Waals surface area (Å²) in [7, 11) is 3.49. The van der Waals surface area contributed by atoms with E-state index in [0.717, 1.165) is 10.9 Å². The lowest BCUT2D eigenvalue weighted by atomic mass is 10.2. The second-order valence-electron chi connectivity index (χ2n) is 4.83. The topological polar surface area (TPSA) is 53.2 Å². The van der Waals surface area contributed by atoms with Crippen molar-refractivity contribution >= 4 is 22.8 Å². The lowest BCUT2D eigenvalue weighted by Gasteiger charge is -2.05. The number of aromatic nitrogens is 2. The average molecular weight is 282 g/mol. The molecule has 0 aliphatic rings. The first-order chi connectivity index (χ1) is 10.1. The van der Waals surface area contributed by atoms with Crippen LogP contribution in [-0.4, -0.2) is 21.1 Å². The lowest BCUT2D eigenvalue weighted by molar-refractivity contribution is 0.0385. The molecule has 1 aromatic carbocycles. The minimum absolute atomic E-state index is 0.335. The van der Waals surface area contributed by atoms with E-state index in [1.54, 1.807) is 47.6 Å². The van der Waals surface area contributed by atoms with Crippen molar-refractivity contribution in [3.8, 4) is 0 Å². The van der Waals surface area contributed by atoms with E-state index in [9.17, 15) is 9.59 Å². The average Bonchev–Trinajstić information content (AvgIpc) is 3.03. The van der Waals surface area contributed by atoms with Crippen LogP contribution >= 0.6 is 0 Å². The normalized spacial score (nSPS) is 10.8. The maximum absolute atomic E-state index is 12.2. The number of esters is 2. The maximum Gasteiger partial charge on any atom is 0.362 e. The van der Waals surface area contributed by atoms with E-state index in [2.05, 4.69) is 0 Å².